The molecule has 0 saturated carbocycles. The molecule has 8 nitrogen and oxygen atoms in total. The predicted molar refractivity (Wildman–Crippen MR) is 123 cm³/mol. The van der Waals surface area contributed by atoms with E-state index in [1.54, 1.807) is 12.1 Å². The van der Waals surface area contributed by atoms with Crippen molar-refractivity contribution in [1.29, 1.82) is 0 Å². The van der Waals surface area contributed by atoms with Gasteiger partial charge in [0.1, 0.15) is 11.4 Å². The molecule has 1 atom stereocenters. The number of nitrogens with one attached hydrogen (secondary N) is 2. The van der Waals surface area contributed by atoms with E-state index in [0.29, 0.717) is 17.7 Å². The summed E-state index contributed by atoms with van der Waals surface area (Å²) in [5.74, 6) is 0.295. The van der Waals surface area contributed by atoms with Crippen molar-refractivity contribution in [2.24, 2.45) is 0 Å². The molecule has 2 aromatic carbocycles. The fourth-order valence-electron chi connectivity index (χ4n) is 3.66. The topological polar surface area (TPSA) is 110 Å². The highest BCUT2D eigenvalue weighted by Gasteiger charge is 2.37. The van der Waals surface area contributed by atoms with Gasteiger partial charge in [-0.3, -0.25) is 10.1 Å². The number of aromatic nitrogens is 2. The van der Waals surface area contributed by atoms with Crippen molar-refractivity contribution >= 4 is 32.4 Å². The van der Waals surface area contributed by atoms with Gasteiger partial charge in [0.05, 0.1) is 6.04 Å². The molecule has 10 heteroatoms. The van der Waals surface area contributed by atoms with Gasteiger partial charge in [-0.05, 0) is 51.0 Å². The van der Waals surface area contributed by atoms with Crippen molar-refractivity contribution in [2.75, 3.05) is 5.32 Å². The Balaban J connectivity index is 1.55. The van der Waals surface area contributed by atoms with Gasteiger partial charge in [0.15, 0.2) is 0 Å². The summed E-state index contributed by atoms with van der Waals surface area (Å²) in [6.45, 7) is 7.62. The molecule has 2 N–H and O–H groups in total. The number of sulfonamides is 1. The quantitative estimate of drug-likeness (QED) is 0.544. The Bertz CT molecular complexity index is 1280. The van der Waals surface area contributed by atoms with Gasteiger partial charge in [0.2, 0.25) is 9.47 Å². The third-order valence-electron chi connectivity index (χ3n) is 5.17. The number of amides is 1. The minimum Gasteiger partial charge on any atom is -0.487 e. The molecule has 0 bridgehead atoms. The van der Waals surface area contributed by atoms with Crippen molar-refractivity contribution in [3.8, 4) is 5.75 Å². The van der Waals surface area contributed by atoms with Crippen molar-refractivity contribution in [3.05, 3.63) is 64.7 Å². The van der Waals surface area contributed by atoms with E-state index in [0.717, 1.165) is 28.0 Å². The first-order chi connectivity index (χ1) is 15.0. The largest absolute Gasteiger partial charge is 0.487 e. The number of hydrogen-bond donors (Lipinski definition) is 2. The second kappa shape index (κ2) is 8.27. The molecule has 168 valence electrons. The lowest BCUT2D eigenvalue weighted by Gasteiger charge is -2.37. The minimum atomic E-state index is -3.96. The molecule has 4 rings (SSSR count). The van der Waals surface area contributed by atoms with Gasteiger partial charge >= 0.3 is 0 Å². The summed E-state index contributed by atoms with van der Waals surface area (Å²) in [7, 11) is -3.96. The van der Waals surface area contributed by atoms with Crippen LogP contribution in [0.25, 0.3) is 0 Å². The number of ether oxygens (including phenoxy) is 1. The van der Waals surface area contributed by atoms with Gasteiger partial charge in [-0.2, -0.15) is 0 Å². The van der Waals surface area contributed by atoms with Crippen LogP contribution < -0.4 is 14.8 Å². The number of anilines is 1. The molecular formula is C22H24N4O4S2. The molecule has 0 fully saturated rings. The summed E-state index contributed by atoms with van der Waals surface area (Å²) in [6, 6.07) is 12.3. The van der Waals surface area contributed by atoms with E-state index < -0.39 is 21.7 Å². The smallest absolute Gasteiger partial charge is 0.270 e. The maximum atomic E-state index is 13.1. The maximum absolute atomic E-state index is 13.1. The molecule has 1 aliphatic rings. The number of nitrogens with zero attached hydrogens (tertiary/aromatic N) is 2. The van der Waals surface area contributed by atoms with Crippen LogP contribution in [-0.4, -0.2) is 30.1 Å². The number of carbonyl (C=O) groups is 1. The molecule has 0 spiro atoms. The third-order valence-corrected chi connectivity index (χ3v) is 7.85. The molecule has 1 amide bonds. The van der Waals surface area contributed by atoms with E-state index in [2.05, 4.69) is 20.2 Å². The number of aryl methyl sites for hydroxylation is 2. The van der Waals surface area contributed by atoms with Gasteiger partial charge in [0, 0.05) is 17.5 Å². The molecule has 0 saturated heterocycles. The molecule has 2 heterocycles. The summed E-state index contributed by atoms with van der Waals surface area (Å²) < 4.78 is 34.7. The first-order valence-corrected chi connectivity index (χ1v) is 12.4. The Labute approximate surface area is 191 Å². The summed E-state index contributed by atoms with van der Waals surface area (Å²) >= 11 is 0.805. The highest BCUT2D eigenvalue weighted by molar-refractivity contribution is 7.91. The highest BCUT2D eigenvalue weighted by Crippen LogP contribution is 2.40. The Morgan fingerprint density at radius 2 is 1.91 bits per heavy atom. The lowest BCUT2D eigenvalue weighted by molar-refractivity contribution is 0.0701. The minimum absolute atomic E-state index is 0.113. The molecule has 32 heavy (non-hydrogen) atoms. The predicted octanol–water partition coefficient (Wildman–Crippen LogP) is 3.99. The zero-order valence-electron chi connectivity index (χ0n) is 18.2. The lowest BCUT2D eigenvalue weighted by atomic mass is 9.90. The second-order valence-electron chi connectivity index (χ2n) is 8.42. The summed E-state index contributed by atoms with van der Waals surface area (Å²) in [5, 5.41) is 10.4. The average molecular weight is 473 g/mol. The first-order valence-electron chi connectivity index (χ1n) is 10.1. The van der Waals surface area contributed by atoms with Crippen LogP contribution in [0.5, 0.6) is 5.75 Å². The molecule has 0 aliphatic carbocycles. The van der Waals surface area contributed by atoms with E-state index in [4.69, 9.17) is 4.74 Å². The number of rotatable bonds is 5. The average Bonchev–Trinajstić information content (AvgIpc) is 3.16. The van der Waals surface area contributed by atoms with Crippen molar-refractivity contribution in [3.63, 3.8) is 0 Å². The Morgan fingerprint density at radius 1 is 1.16 bits per heavy atom. The first kappa shape index (κ1) is 22.4. The van der Waals surface area contributed by atoms with Crippen molar-refractivity contribution in [1.82, 2.24) is 14.9 Å². The lowest BCUT2D eigenvalue weighted by Crippen LogP contribution is -2.41. The Kier molecular flexibility index (Phi) is 5.78. The molecular weight excluding hydrogens is 448 g/mol. The molecule has 3 aromatic rings. The van der Waals surface area contributed by atoms with Crippen LogP contribution in [0.15, 0.2) is 46.8 Å². The van der Waals surface area contributed by atoms with Gasteiger partial charge in [-0.15, -0.1) is 10.2 Å². The number of hydrogen-bond acceptors (Lipinski definition) is 7. The number of benzene rings is 2. The van der Waals surface area contributed by atoms with Crippen molar-refractivity contribution < 1.29 is 17.9 Å². The van der Waals surface area contributed by atoms with Gasteiger partial charge < -0.3 is 4.74 Å². The van der Waals surface area contributed by atoms with Crippen LogP contribution in [0.3, 0.4) is 0 Å². The molecule has 1 unspecified atom stereocenters. The summed E-state index contributed by atoms with van der Waals surface area (Å²) in [6.07, 6.45) is 0.456. The van der Waals surface area contributed by atoms with Gasteiger partial charge in [-0.1, -0.05) is 41.7 Å². The highest BCUT2D eigenvalue weighted by atomic mass is 32.2. The van der Waals surface area contributed by atoms with E-state index in [1.807, 2.05) is 58.0 Å². The van der Waals surface area contributed by atoms with E-state index in [9.17, 15) is 13.2 Å². The van der Waals surface area contributed by atoms with E-state index >= 15 is 0 Å². The molecule has 1 aliphatic heterocycles. The molecule has 1 aromatic heterocycles. The zero-order chi connectivity index (χ0) is 23.1. The van der Waals surface area contributed by atoms with Crippen LogP contribution >= 0.6 is 11.3 Å². The SMILES string of the molecule is Cc1ccc2c(c1)OC(C)(C)CC2NS(=O)(=O)c1nnc(NC(=O)c2ccccc2C)s1. The van der Waals surface area contributed by atoms with Crippen LogP contribution in [0, 0.1) is 13.8 Å². The van der Waals surface area contributed by atoms with Crippen LogP contribution in [-0.2, 0) is 10.0 Å². The maximum Gasteiger partial charge on any atom is 0.270 e. The fourth-order valence-corrected chi connectivity index (χ4v) is 5.79. The second-order valence-corrected chi connectivity index (χ2v) is 11.3. The summed E-state index contributed by atoms with van der Waals surface area (Å²) in [4.78, 5) is 12.5. The Hall–Kier alpha value is -2.82. The molecule has 0 radical (unpaired) electrons. The van der Waals surface area contributed by atoms with Crippen molar-refractivity contribution in [2.45, 2.75) is 50.1 Å². The van der Waals surface area contributed by atoms with Gasteiger partial charge in [0.25, 0.3) is 15.9 Å². The number of carbonyl (C=O) groups excluding carboxylic acids is 1. The zero-order valence-corrected chi connectivity index (χ0v) is 19.8. The van der Waals surface area contributed by atoms with E-state index in [-0.39, 0.29) is 15.4 Å². The summed E-state index contributed by atoms with van der Waals surface area (Å²) in [5.41, 5.74) is 2.56. The van der Waals surface area contributed by atoms with Crippen LogP contribution in [0.2, 0.25) is 0 Å². The standard InChI is InChI=1S/C22H24N4O4S2/c1-13-9-10-16-17(12-22(3,4)30-18(16)11-13)26-32(28,29)21-25-24-20(31-21)23-19(27)15-8-6-5-7-14(15)2/h5-11,17,26H,12H2,1-4H3,(H,23,24,27). The van der Waals surface area contributed by atoms with Crippen LogP contribution in [0.1, 0.15) is 53.4 Å². The Morgan fingerprint density at radius 3 is 2.66 bits per heavy atom. The fraction of sp³-hybridized carbons (Fsp3) is 0.318. The van der Waals surface area contributed by atoms with Crippen LogP contribution in [0.4, 0.5) is 5.13 Å². The van der Waals surface area contributed by atoms with E-state index in [1.165, 1.54) is 0 Å². The number of fused-ring (bicyclic) bond motifs is 1. The normalized spacial score (nSPS) is 17.3. The monoisotopic (exact) mass is 472 g/mol. The van der Waals surface area contributed by atoms with Gasteiger partial charge in [-0.25, -0.2) is 13.1 Å². The third kappa shape index (κ3) is 4.67.